The number of nitro groups is 1. The van der Waals surface area contributed by atoms with Gasteiger partial charge < -0.3 is 14.9 Å². The zero-order valence-corrected chi connectivity index (χ0v) is 14.6. The van der Waals surface area contributed by atoms with E-state index < -0.39 is 37.5 Å². The van der Waals surface area contributed by atoms with Crippen LogP contribution in [-0.2, 0) is 21.2 Å². The second-order valence-electron chi connectivity index (χ2n) is 5.78. The maximum Gasteiger partial charge on any atom is 0.289 e. The Balaban J connectivity index is 1.93. The van der Waals surface area contributed by atoms with Gasteiger partial charge in [0.1, 0.15) is 0 Å². The molecule has 1 atom stereocenters. The molecule has 2 N–H and O–H groups in total. The normalized spacial score (nSPS) is 12.7. The Morgan fingerprint density at radius 3 is 2.52 bits per heavy atom. The van der Waals surface area contributed by atoms with Gasteiger partial charge >= 0.3 is 0 Å². The molecular formula is C17H14N3O6S-. The van der Waals surface area contributed by atoms with Gasteiger partial charge in [-0.15, -0.1) is 0 Å². The van der Waals surface area contributed by atoms with Gasteiger partial charge in [-0.1, -0.05) is 30.3 Å². The highest BCUT2D eigenvalue weighted by atomic mass is 32.2. The number of para-hydroxylation sites is 2. The highest BCUT2D eigenvalue weighted by molar-refractivity contribution is 7.89. The number of benzene rings is 2. The van der Waals surface area contributed by atoms with Crippen molar-refractivity contribution in [2.24, 2.45) is 0 Å². The van der Waals surface area contributed by atoms with Gasteiger partial charge in [0.2, 0.25) is 10.0 Å². The van der Waals surface area contributed by atoms with Gasteiger partial charge in [0, 0.05) is 23.2 Å². The van der Waals surface area contributed by atoms with E-state index in [2.05, 4.69) is 4.98 Å². The molecule has 0 bridgehead atoms. The Labute approximate surface area is 153 Å². The molecule has 0 aliphatic heterocycles. The van der Waals surface area contributed by atoms with E-state index in [-0.39, 0.29) is 6.42 Å². The largest absolute Gasteiger partial charge is 0.548 e. The lowest BCUT2D eigenvalue weighted by atomic mass is 10.1. The summed E-state index contributed by atoms with van der Waals surface area (Å²) in [4.78, 5) is 24.1. The summed E-state index contributed by atoms with van der Waals surface area (Å²) < 4.78 is 27.1. The number of aromatic nitrogens is 1. The average molecular weight is 388 g/mol. The maximum absolute atomic E-state index is 12.5. The highest BCUT2D eigenvalue weighted by Gasteiger charge is 2.28. The fourth-order valence-electron chi connectivity index (χ4n) is 2.78. The number of carboxylic acids is 1. The number of fused-ring (bicyclic) bond motifs is 1. The molecule has 10 heteroatoms. The summed E-state index contributed by atoms with van der Waals surface area (Å²) in [6, 6.07) is 10.2. The standard InChI is InChI=1S/C17H15N3O6S/c21-17(22)14(9-11-10-18-13-6-2-1-5-12(11)13)19-27(25,26)16-8-4-3-7-15(16)20(23)24/h1-8,10,14,18-19H,9H2,(H,21,22)/p-1/t14-/m0/s1. The van der Waals surface area contributed by atoms with Crippen LogP contribution in [0.2, 0.25) is 0 Å². The second-order valence-corrected chi connectivity index (χ2v) is 7.46. The number of hydrogen-bond donors (Lipinski definition) is 2. The van der Waals surface area contributed by atoms with E-state index in [1.165, 1.54) is 12.1 Å². The molecule has 0 aliphatic carbocycles. The number of carbonyl (C=O) groups excluding carboxylic acids is 1. The number of nitro benzene ring substituents is 1. The van der Waals surface area contributed by atoms with Crippen molar-refractivity contribution < 1.29 is 23.2 Å². The molecule has 0 saturated carbocycles. The summed E-state index contributed by atoms with van der Waals surface area (Å²) in [5.74, 6) is -1.64. The summed E-state index contributed by atoms with van der Waals surface area (Å²) in [7, 11) is -4.46. The molecule has 1 heterocycles. The molecule has 0 aliphatic rings. The predicted molar refractivity (Wildman–Crippen MR) is 94.2 cm³/mol. The van der Waals surface area contributed by atoms with Crippen molar-refractivity contribution in [2.75, 3.05) is 0 Å². The molecule has 9 nitrogen and oxygen atoms in total. The number of rotatable bonds is 7. The number of carboxylic acid groups (broad SMARTS) is 1. The van der Waals surface area contributed by atoms with Crippen molar-refractivity contribution in [1.82, 2.24) is 9.71 Å². The van der Waals surface area contributed by atoms with Crippen LogP contribution in [0.3, 0.4) is 0 Å². The molecule has 0 saturated heterocycles. The molecule has 3 rings (SSSR count). The minimum absolute atomic E-state index is 0.188. The van der Waals surface area contributed by atoms with Gasteiger partial charge in [-0.2, -0.15) is 0 Å². The fourth-order valence-corrected chi connectivity index (χ4v) is 4.14. The van der Waals surface area contributed by atoms with Crippen LogP contribution in [0.4, 0.5) is 5.69 Å². The van der Waals surface area contributed by atoms with Crippen LogP contribution in [0.15, 0.2) is 59.6 Å². The van der Waals surface area contributed by atoms with Crippen molar-refractivity contribution in [3.8, 4) is 0 Å². The van der Waals surface area contributed by atoms with E-state index in [0.717, 1.165) is 23.0 Å². The molecule has 1 aromatic heterocycles. The molecule has 140 valence electrons. The van der Waals surface area contributed by atoms with Crippen LogP contribution < -0.4 is 9.83 Å². The third-order valence-electron chi connectivity index (χ3n) is 4.03. The first kappa shape index (κ1) is 18.5. The molecule has 0 amide bonds. The first-order valence-electron chi connectivity index (χ1n) is 7.81. The minimum atomic E-state index is -4.46. The van der Waals surface area contributed by atoms with Gasteiger partial charge in [0.25, 0.3) is 5.69 Å². The van der Waals surface area contributed by atoms with Crippen molar-refractivity contribution in [1.29, 1.82) is 0 Å². The van der Waals surface area contributed by atoms with Crippen LogP contribution >= 0.6 is 0 Å². The number of aliphatic carboxylic acids is 1. The van der Waals surface area contributed by atoms with Gasteiger partial charge in [0.05, 0.1) is 16.9 Å². The first-order valence-corrected chi connectivity index (χ1v) is 9.29. The van der Waals surface area contributed by atoms with Crippen molar-refractivity contribution in [2.45, 2.75) is 17.4 Å². The lowest BCUT2D eigenvalue weighted by molar-refractivity contribution is -0.387. The van der Waals surface area contributed by atoms with Crippen LogP contribution in [0.5, 0.6) is 0 Å². The number of sulfonamides is 1. The van der Waals surface area contributed by atoms with Crippen LogP contribution in [0.25, 0.3) is 10.9 Å². The van der Waals surface area contributed by atoms with E-state index in [1.54, 1.807) is 30.5 Å². The SMILES string of the molecule is O=C([O-])[C@H](Cc1c[nH]c2ccccc12)NS(=O)(=O)c1ccccc1[N+](=O)[O-]. The van der Waals surface area contributed by atoms with Crippen molar-refractivity contribution in [3.63, 3.8) is 0 Å². The topological polar surface area (TPSA) is 145 Å². The molecular weight excluding hydrogens is 374 g/mol. The maximum atomic E-state index is 12.5. The second kappa shape index (κ2) is 7.17. The predicted octanol–water partition coefficient (Wildman–Crippen LogP) is 0.716. The van der Waals surface area contributed by atoms with Crippen molar-refractivity contribution >= 4 is 32.6 Å². The van der Waals surface area contributed by atoms with E-state index in [1.807, 2.05) is 4.72 Å². The van der Waals surface area contributed by atoms with E-state index >= 15 is 0 Å². The van der Waals surface area contributed by atoms with E-state index in [0.29, 0.717) is 5.56 Å². The average Bonchev–Trinajstić information content (AvgIpc) is 3.04. The zero-order valence-electron chi connectivity index (χ0n) is 13.8. The Morgan fingerprint density at radius 1 is 1.15 bits per heavy atom. The Kier molecular flexibility index (Phi) is 4.93. The van der Waals surface area contributed by atoms with Crippen LogP contribution in [0.1, 0.15) is 5.56 Å². The summed E-state index contributed by atoms with van der Waals surface area (Å²) in [6.45, 7) is 0. The Morgan fingerprint density at radius 2 is 1.81 bits per heavy atom. The summed E-state index contributed by atoms with van der Waals surface area (Å²) in [5, 5.41) is 23.3. The third kappa shape index (κ3) is 3.81. The van der Waals surface area contributed by atoms with Gasteiger partial charge in [-0.05, 0) is 24.1 Å². The van der Waals surface area contributed by atoms with Crippen LogP contribution in [-0.4, -0.2) is 30.3 Å². The number of hydrogen-bond acceptors (Lipinski definition) is 6. The van der Waals surface area contributed by atoms with Gasteiger partial charge in [-0.25, -0.2) is 13.1 Å². The lowest BCUT2D eigenvalue weighted by Gasteiger charge is -2.19. The van der Waals surface area contributed by atoms with E-state index in [4.69, 9.17) is 0 Å². The molecule has 2 aromatic carbocycles. The van der Waals surface area contributed by atoms with E-state index in [9.17, 15) is 28.4 Å². The molecule has 3 aromatic rings. The number of carbonyl (C=O) groups is 1. The van der Waals surface area contributed by atoms with Gasteiger partial charge in [-0.3, -0.25) is 10.1 Å². The fraction of sp³-hybridized carbons (Fsp3) is 0.118. The molecule has 27 heavy (non-hydrogen) atoms. The smallest absolute Gasteiger partial charge is 0.289 e. The summed E-state index contributed by atoms with van der Waals surface area (Å²) >= 11 is 0. The molecule has 0 unspecified atom stereocenters. The lowest BCUT2D eigenvalue weighted by Crippen LogP contribution is -2.49. The van der Waals surface area contributed by atoms with Gasteiger partial charge in [0.15, 0.2) is 4.90 Å². The minimum Gasteiger partial charge on any atom is -0.548 e. The molecule has 0 radical (unpaired) electrons. The number of nitrogens with zero attached hydrogens (tertiary/aromatic N) is 1. The van der Waals surface area contributed by atoms with Crippen molar-refractivity contribution in [3.05, 3.63) is 70.4 Å². The Hall–Kier alpha value is -3.24. The first-order chi connectivity index (χ1) is 12.8. The summed E-state index contributed by atoms with van der Waals surface area (Å²) in [5.41, 5.74) is 0.699. The number of H-pyrrole nitrogens is 1. The quantitative estimate of drug-likeness (QED) is 0.450. The number of nitrogens with one attached hydrogen (secondary N) is 2. The molecule has 0 fully saturated rings. The molecule has 0 spiro atoms. The third-order valence-corrected chi connectivity index (χ3v) is 5.55. The number of aromatic amines is 1. The Bertz CT molecular complexity index is 1120. The monoisotopic (exact) mass is 388 g/mol. The highest BCUT2D eigenvalue weighted by Crippen LogP contribution is 2.24. The summed E-state index contributed by atoms with van der Waals surface area (Å²) in [6.07, 6.45) is 1.39. The van der Waals surface area contributed by atoms with Crippen LogP contribution in [0, 0.1) is 10.1 Å². The zero-order chi connectivity index (χ0) is 19.6.